The van der Waals surface area contributed by atoms with Crippen LogP contribution in [0.2, 0.25) is 0 Å². The summed E-state index contributed by atoms with van der Waals surface area (Å²) in [6, 6.07) is 61.0. The lowest BCUT2D eigenvalue weighted by molar-refractivity contribution is 0.744. The Labute approximate surface area is 365 Å². The lowest BCUT2D eigenvalue weighted by Crippen LogP contribution is -2.28. The molecule has 0 spiro atoms. The van der Waals surface area contributed by atoms with Crippen LogP contribution in [-0.2, 0) is 6.42 Å². The lowest BCUT2D eigenvalue weighted by Gasteiger charge is -2.30. The average Bonchev–Trinajstić information content (AvgIpc) is 4.00. The maximum atomic E-state index is 5.23. The van der Waals surface area contributed by atoms with Crippen LogP contribution in [0.25, 0.3) is 84.3 Å². The molecular weight excluding hydrogens is 769 g/mol. The summed E-state index contributed by atoms with van der Waals surface area (Å²) in [7, 11) is 0. The number of para-hydroxylation sites is 3. The second kappa shape index (κ2) is 14.3. The third-order valence-electron chi connectivity index (χ3n) is 13.1. The Morgan fingerprint density at radius 3 is 1.92 bits per heavy atom. The number of hydrogen-bond acceptors (Lipinski definition) is 4. The second-order valence-electron chi connectivity index (χ2n) is 16.7. The Kier molecular flexibility index (Phi) is 8.06. The fraction of sp³-hybridized carbons (Fsp3) is 0.0702. The van der Waals surface area contributed by atoms with Crippen LogP contribution in [0.1, 0.15) is 29.2 Å². The average molecular weight is 809 g/mol. The highest BCUT2D eigenvalue weighted by atomic mass is 15.2. The van der Waals surface area contributed by atoms with Crippen LogP contribution in [0.5, 0.6) is 0 Å². The maximum Gasteiger partial charge on any atom is 0.238 e. The molecule has 0 bridgehead atoms. The number of anilines is 2. The minimum absolute atomic E-state index is 0.167. The van der Waals surface area contributed by atoms with E-state index in [9.17, 15) is 0 Å². The van der Waals surface area contributed by atoms with Crippen molar-refractivity contribution < 1.29 is 0 Å². The molecule has 1 aliphatic heterocycles. The zero-order valence-corrected chi connectivity index (χ0v) is 34.4. The van der Waals surface area contributed by atoms with Gasteiger partial charge in [-0.15, -0.1) is 0 Å². The van der Waals surface area contributed by atoms with E-state index in [1.165, 1.54) is 39.1 Å². The summed E-state index contributed by atoms with van der Waals surface area (Å²) < 4.78 is 4.75. The summed E-state index contributed by atoms with van der Waals surface area (Å²) in [5.41, 5.74) is 15.0. The molecule has 2 unspecified atom stereocenters. The van der Waals surface area contributed by atoms with Gasteiger partial charge in [-0.2, -0.15) is 9.97 Å². The first kappa shape index (κ1) is 35.6. The smallest absolute Gasteiger partial charge is 0.238 e. The van der Waals surface area contributed by atoms with Crippen molar-refractivity contribution in [2.75, 3.05) is 4.90 Å². The van der Waals surface area contributed by atoms with Gasteiger partial charge in [0.25, 0.3) is 0 Å². The Morgan fingerprint density at radius 1 is 0.476 bits per heavy atom. The van der Waals surface area contributed by atoms with Crippen molar-refractivity contribution in [1.82, 2.24) is 24.1 Å². The van der Waals surface area contributed by atoms with E-state index in [-0.39, 0.29) is 12.0 Å². The number of rotatable bonds is 6. The Balaban J connectivity index is 1.06. The fourth-order valence-electron chi connectivity index (χ4n) is 10.3. The van der Waals surface area contributed by atoms with Crippen LogP contribution in [0.15, 0.2) is 200 Å². The summed E-state index contributed by atoms with van der Waals surface area (Å²) in [6.07, 6.45) is 15.8. The molecule has 6 heteroatoms. The minimum atomic E-state index is 0.167. The Bertz CT molecular complexity index is 3480. The second-order valence-corrected chi connectivity index (χ2v) is 16.7. The van der Waals surface area contributed by atoms with E-state index in [2.05, 4.69) is 184 Å². The fourth-order valence-corrected chi connectivity index (χ4v) is 10.3. The van der Waals surface area contributed by atoms with Gasteiger partial charge in [-0.1, -0.05) is 164 Å². The predicted molar refractivity (Wildman–Crippen MR) is 258 cm³/mol. The maximum absolute atomic E-state index is 5.23. The van der Waals surface area contributed by atoms with Gasteiger partial charge in [0.2, 0.25) is 5.95 Å². The SMILES string of the molecule is C1=CC2c3ccccc3N(c3cc(-c4ccc5c6ccccc6n(-c6nc(-c7ccccc7)nc(-c7ccccc7)n6)c5c4)cc(-n4c5c(c6ccccc64)C=CCC5)c3)C2C=C1. The topological polar surface area (TPSA) is 51.8 Å². The molecule has 0 saturated carbocycles. The van der Waals surface area contributed by atoms with E-state index in [0.29, 0.717) is 17.6 Å². The summed E-state index contributed by atoms with van der Waals surface area (Å²) in [6.45, 7) is 0. The van der Waals surface area contributed by atoms with E-state index in [0.717, 1.165) is 62.6 Å². The van der Waals surface area contributed by atoms with Crippen molar-refractivity contribution in [3.05, 3.63) is 217 Å². The number of nitrogens with zero attached hydrogens (tertiary/aromatic N) is 6. The van der Waals surface area contributed by atoms with Crippen LogP contribution >= 0.6 is 0 Å². The van der Waals surface area contributed by atoms with E-state index < -0.39 is 0 Å². The van der Waals surface area contributed by atoms with Gasteiger partial charge in [0.15, 0.2) is 11.6 Å². The molecule has 10 aromatic rings. The standard InChI is InChI=1S/C57H40N6/c1-3-17-37(18-4-1)55-58-56(38-19-5-2-6-20-38)60-57(59-55)63-53-30-16-11-25-47(53)48-32-31-39(35-54(48)63)40-33-41(61-49-26-12-7-21-43(49)44-22-8-13-27-50(44)61)36-42(34-40)62-51-28-14-9-23-45(51)46-24-10-15-29-52(46)62/h1-14,16-28,30-36,43,49H,15,29H2. The molecule has 13 rings (SSSR count). The highest BCUT2D eigenvalue weighted by Crippen LogP contribution is 2.49. The van der Waals surface area contributed by atoms with Crippen LogP contribution in [0.3, 0.4) is 0 Å². The molecule has 0 N–H and O–H groups in total. The normalized spacial score (nSPS) is 16.2. The van der Waals surface area contributed by atoms with Crippen LogP contribution in [0.4, 0.5) is 11.4 Å². The third kappa shape index (κ3) is 5.68. The molecule has 0 fully saturated rings. The molecule has 0 saturated heterocycles. The van der Waals surface area contributed by atoms with Crippen LogP contribution in [0, 0.1) is 0 Å². The monoisotopic (exact) mass is 808 g/mol. The number of fused-ring (bicyclic) bond motifs is 9. The van der Waals surface area contributed by atoms with Crippen LogP contribution in [-0.4, -0.2) is 30.1 Å². The number of allylic oxidation sites excluding steroid dienone is 3. The van der Waals surface area contributed by atoms with Gasteiger partial charge in [0, 0.05) is 61.5 Å². The number of aromatic nitrogens is 5. The predicted octanol–water partition coefficient (Wildman–Crippen LogP) is 13.6. The van der Waals surface area contributed by atoms with Gasteiger partial charge in [0.1, 0.15) is 0 Å². The quantitative estimate of drug-likeness (QED) is 0.168. The number of hydrogen-bond donors (Lipinski definition) is 0. The molecule has 4 heterocycles. The van der Waals surface area contributed by atoms with Gasteiger partial charge in [-0.3, -0.25) is 4.57 Å². The first-order valence-electron chi connectivity index (χ1n) is 21.8. The minimum Gasteiger partial charge on any atom is -0.333 e. The molecule has 3 aliphatic rings. The van der Waals surface area contributed by atoms with E-state index >= 15 is 0 Å². The van der Waals surface area contributed by atoms with Gasteiger partial charge in [-0.25, -0.2) is 4.98 Å². The first-order valence-corrected chi connectivity index (χ1v) is 21.8. The largest absolute Gasteiger partial charge is 0.333 e. The van der Waals surface area contributed by atoms with Gasteiger partial charge >= 0.3 is 0 Å². The summed E-state index contributed by atoms with van der Waals surface area (Å²) in [5, 5.41) is 3.57. The summed E-state index contributed by atoms with van der Waals surface area (Å²) >= 11 is 0. The molecule has 0 radical (unpaired) electrons. The highest BCUT2D eigenvalue weighted by Gasteiger charge is 2.37. The summed E-state index contributed by atoms with van der Waals surface area (Å²) in [4.78, 5) is 18.1. The molecule has 298 valence electrons. The molecule has 3 aromatic heterocycles. The van der Waals surface area contributed by atoms with Crippen LogP contribution < -0.4 is 4.90 Å². The van der Waals surface area contributed by atoms with Crippen molar-refractivity contribution in [3.8, 4) is 45.5 Å². The van der Waals surface area contributed by atoms with Gasteiger partial charge < -0.3 is 9.47 Å². The summed E-state index contributed by atoms with van der Waals surface area (Å²) in [5.74, 6) is 2.12. The Hall–Kier alpha value is -8.09. The van der Waals surface area contributed by atoms with E-state index in [4.69, 9.17) is 15.0 Å². The molecule has 0 amide bonds. The molecule has 63 heavy (non-hydrogen) atoms. The van der Waals surface area contributed by atoms with E-state index in [1.807, 2.05) is 36.4 Å². The molecule has 2 atom stereocenters. The third-order valence-corrected chi connectivity index (χ3v) is 13.1. The van der Waals surface area contributed by atoms with Crippen molar-refractivity contribution in [2.45, 2.75) is 24.8 Å². The van der Waals surface area contributed by atoms with Gasteiger partial charge in [-0.05, 0) is 72.0 Å². The Morgan fingerprint density at radius 2 is 1.13 bits per heavy atom. The van der Waals surface area contributed by atoms with Crippen molar-refractivity contribution in [1.29, 1.82) is 0 Å². The van der Waals surface area contributed by atoms with Crippen molar-refractivity contribution in [2.24, 2.45) is 0 Å². The highest BCUT2D eigenvalue weighted by molar-refractivity contribution is 6.10. The molecule has 2 aliphatic carbocycles. The molecular formula is C57H40N6. The van der Waals surface area contributed by atoms with E-state index in [1.54, 1.807) is 0 Å². The molecule has 6 nitrogen and oxygen atoms in total. The lowest BCUT2D eigenvalue weighted by atomic mass is 9.91. The van der Waals surface area contributed by atoms with Crippen molar-refractivity contribution in [3.63, 3.8) is 0 Å². The first-order chi connectivity index (χ1) is 31.2. The zero-order valence-electron chi connectivity index (χ0n) is 34.4. The van der Waals surface area contributed by atoms with Gasteiger partial charge in [0.05, 0.1) is 22.6 Å². The number of benzene rings is 7. The van der Waals surface area contributed by atoms with Crippen molar-refractivity contribution >= 4 is 50.2 Å². The molecule has 7 aromatic carbocycles. The zero-order chi connectivity index (χ0) is 41.4.